The Labute approximate surface area is 107 Å². The molecule has 17 heavy (non-hydrogen) atoms. The Kier molecular flexibility index (Phi) is 4.11. The fourth-order valence-electron chi connectivity index (χ4n) is 2.22. The van der Waals surface area contributed by atoms with E-state index in [1.165, 1.54) is 5.56 Å². The van der Waals surface area contributed by atoms with Crippen LogP contribution in [0.2, 0.25) is 0 Å². The van der Waals surface area contributed by atoms with E-state index in [0.29, 0.717) is 0 Å². The van der Waals surface area contributed by atoms with E-state index in [1.807, 2.05) is 34.9 Å². The number of rotatable bonds is 5. The lowest BCUT2D eigenvalue weighted by atomic mass is 10.1. The van der Waals surface area contributed by atoms with E-state index in [4.69, 9.17) is 0 Å². The van der Waals surface area contributed by atoms with Gasteiger partial charge in [-0.05, 0) is 23.8 Å². The summed E-state index contributed by atoms with van der Waals surface area (Å²) in [7, 11) is 0. The summed E-state index contributed by atoms with van der Waals surface area (Å²) in [4.78, 5) is 14.3. The standard InChI is InChI=1S/C14H19NOS/c1-3-5-10-15-13(16)11-8-6-7-9-12(11)14(15)17-4-2/h6-9,14H,3-5,10H2,1-2H3/t14-/m0/s1. The first-order valence-electron chi connectivity index (χ1n) is 6.31. The van der Waals surface area contributed by atoms with Crippen LogP contribution in [-0.2, 0) is 0 Å². The minimum atomic E-state index is 0.208. The van der Waals surface area contributed by atoms with Crippen molar-refractivity contribution in [3.8, 4) is 0 Å². The van der Waals surface area contributed by atoms with Crippen LogP contribution in [0.3, 0.4) is 0 Å². The SMILES string of the molecule is CCCCN1C(=O)c2ccccc2[C@@H]1SCC. The van der Waals surface area contributed by atoms with Crippen LogP contribution >= 0.6 is 11.8 Å². The number of thioether (sulfide) groups is 1. The summed E-state index contributed by atoms with van der Waals surface area (Å²) in [5.74, 6) is 1.24. The van der Waals surface area contributed by atoms with E-state index >= 15 is 0 Å². The Morgan fingerprint density at radius 1 is 1.29 bits per heavy atom. The molecule has 1 aromatic rings. The highest BCUT2D eigenvalue weighted by atomic mass is 32.2. The zero-order valence-corrected chi connectivity index (χ0v) is 11.3. The molecular weight excluding hydrogens is 230 g/mol. The summed E-state index contributed by atoms with van der Waals surface area (Å²) in [6, 6.07) is 8.02. The lowest BCUT2D eigenvalue weighted by molar-refractivity contribution is 0.0771. The summed E-state index contributed by atoms with van der Waals surface area (Å²) in [5.41, 5.74) is 2.09. The maximum Gasteiger partial charge on any atom is 0.255 e. The Morgan fingerprint density at radius 3 is 2.76 bits per heavy atom. The first-order valence-corrected chi connectivity index (χ1v) is 7.36. The molecule has 0 unspecified atom stereocenters. The fourth-order valence-corrected chi connectivity index (χ4v) is 3.30. The molecule has 0 radical (unpaired) electrons. The molecule has 1 aliphatic rings. The second-order valence-corrected chi connectivity index (χ2v) is 5.60. The molecule has 2 nitrogen and oxygen atoms in total. The zero-order valence-electron chi connectivity index (χ0n) is 10.5. The third-order valence-electron chi connectivity index (χ3n) is 3.08. The van der Waals surface area contributed by atoms with Crippen LogP contribution in [0.5, 0.6) is 0 Å². The van der Waals surface area contributed by atoms with Crippen molar-refractivity contribution in [1.29, 1.82) is 0 Å². The van der Waals surface area contributed by atoms with Crippen LogP contribution < -0.4 is 0 Å². The average Bonchev–Trinajstić information content (AvgIpc) is 2.62. The third kappa shape index (κ3) is 2.34. The van der Waals surface area contributed by atoms with Crippen molar-refractivity contribution in [1.82, 2.24) is 4.90 Å². The molecule has 0 spiro atoms. The summed E-state index contributed by atoms with van der Waals surface area (Å²) in [6.45, 7) is 5.19. The molecule has 92 valence electrons. The minimum Gasteiger partial charge on any atom is -0.322 e. The first kappa shape index (κ1) is 12.5. The molecule has 1 atom stereocenters. The molecule has 2 rings (SSSR count). The predicted molar refractivity (Wildman–Crippen MR) is 73.3 cm³/mol. The van der Waals surface area contributed by atoms with Crippen molar-refractivity contribution in [2.75, 3.05) is 12.3 Å². The Balaban J connectivity index is 2.27. The molecule has 3 heteroatoms. The molecule has 0 saturated carbocycles. The van der Waals surface area contributed by atoms with Gasteiger partial charge in [-0.1, -0.05) is 38.5 Å². The Hall–Kier alpha value is -0.960. The molecule has 0 saturated heterocycles. The van der Waals surface area contributed by atoms with Crippen molar-refractivity contribution in [3.63, 3.8) is 0 Å². The van der Waals surface area contributed by atoms with Crippen LogP contribution in [-0.4, -0.2) is 23.1 Å². The topological polar surface area (TPSA) is 20.3 Å². The first-order chi connectivity index (χ1) is 8.29. The van der Waals surface area contributed by atoms with Gasteiger partial charge in [-0.2, -0.15) is 0 Å². The summed E-state index contributed by atoms with van der Waals surface area (Å²) < 4.78 is 0. The van der Waals surface area contributed by atoms with E-state index in [-0.39, 0.29) is 11.3 Å². The van der Waals surface area contributed by atoms with Crippen molar-refractivity contribution in [3.05, 3.63) is 35.4 Å². The van der Waals surface area contributed by atoms with Gasteiger partial charge in [0, 0.05) is 12.1 Å². The van der Waals surface area contributed by atoms with E-state index in [2.05, 4.69) is 19.9 Å². The van der Waals surface area contributed by atoms with Gasteiger partial charge < -0.3 is 4.90 Å². The normalized spacial score (nSPS) is 18.6. The highest BCUT2D eigenvalue weighted by Gasteiger charge is 2.35. The number of amides is 1. The van der Waals surface area contributed by atoms with Gasteiger partial charge >= 0.3 is 0 Å². The quantitative estimate of drug-likeness (QED) is 0.793. The van der Waals surface area contributed by atoms with Crippen molar-refractivity contribution in [2.24, 2.45) is 0 Å². The number of fused-ring (bicyclic) bond motifs is 1. The Morgan fingerprint density at radius 2 is 2.06 bits per heavy atom. The molecule has 1 amide bonds. The Bertz CT molecular complexity index is 405. The highest BCUT2D eigenvalue weighted by Crippen LogP contribution is 2.41. The second kappa shape index (κ2) is 5.58. The van der Waals surface area contributed by atoms with Crippen molar-refractivity contribution < 1.29 is 4.79 Å². The monoisotopic (exact) mass is 249 g/mol. The van der Waals surface area contributed by atoms with Gasteiger partial charge in [-0.3, -0.25) is 4.79 Å². The van der Waals surface area contributed by atoms with Crippen molar-refractivity contribution in [2.45, 2.75) is 32.1 Å². The van der Waals surface area contributed by atoms with Gasteiger partial charge in [0.2, 0.25) is 0 Å². The van der Waals surface area contributed by atoms with E-state index in [1.54, 1.807) is 0 Å². The van der Waals surface area contributed by atoms with Gasteiger partial charge in [-0.25, -0.2) is 0 Å². The van der Waals surface area contributed by atoms with Gasteiger partial charge in [0.15, 0.2) is 0 Å². The fraction of sp³-hybridized carbons (Fsp3) is 0.500. The maximum atomic E-state index is 12.3. The number of hydrogen-bond donors (Lipinski definition) is 0. The smallest absolute Gasteiger partial charge is 0.255 e. The molecule has 0 fully saturated rings. The number of carbonyl (C=O) groups is 1. The minimum absolute atomic E-state index is 0.208. The predicted octanol–water partition coefficient (Wildman–Crippen LogP) is 3.69. The molecule has 0 N–H and O–H groups in total. The molecule has 0 bridgehead atoms. The van der Waals surface area contributed by atoms with Crippen molar-refractivity contribution >= 4 is 17.7 Å². The van der Waals surface area contributed by atoms with E-state index < -0.39 is 0 Å². The number of hydrogen-bond acceptors (Lipinski definition) is 2. The number of nitrogens with zero attached hydrogens (tertiary/aromatic N) is 1. The van der Waals surface area contributed by atoms with Crippen LogP contribution in [0.15, 0.2) is 24.3 Å². The lowest BCUT2D eigenvalue weighted by Crippen LogP contribution is -2.27. The van der Waals surface area contributed by atoms with Gasteiger partial charge in [0.05, 0.1) is 0 Å². The number of carbonyl (C=O) groups excluding carboxylic acids is 1. The third-order valence-corrected chi connectivity index (χ3v) is 4.24. The van der Waals surface area contributed by atoms with Gasteiger partial charge in [0.25, 0.3) is 5.91 Å². The molecule has 1 heterocycles. The van der Waals surface area contributed by atoms with Gasteiger partial charge in [-0.15, -0.1) is 11.8 Å². The van der Waals surface area contributed by atoms with Crippen LogP contribution in [0, 0.1) is 0 Å². The summed E-state index contributed by atoms with van der Waals surface area (Å²) in [5, 5.41) is 0.232. The van der Waals surface area contributed by atoms with Crippen LogP contribution in [0.1, 0.15) is 48.0 Å². The number of benzene rings is 1. The lowest BCUT2D eigenvalue weighted by Gasteiger charge is -2.24. The summed E-state index contributed by atoms with van der Waals surface area (Å²) in [6.07, 6.45) is 2.21. The molecule has 0 aromatic heterocycles. The number of unbranched alkanes of at least 4 members (excludes halogenated alkanes) is 1. The molecule has 1 aliphatic heterocycles. The van der Waals surface area contributed by atoms with Gasteiger partial charge in [0.1, 0.15) is 5.37 Å². The zero-order chi connectivity index (χ0) is 12.3. The van der Waals surface area contributed by atoms with E-state index in [0.717, 1.165) is 30.7 Å². The molecule has 0 aliphatic carbocycles. The van der Waals surface area contributed by atoms with E-state index in [9.17, 15) is 4.79 Å². The highest BCUT2D eigenvalue weighted by molar-refractivity contribution is 7.99. The molecule has 1 aromatic carbocycles. The molecular formula is C14H19NOS. The average molecular weight is 249 g/mol. The maximum absolute atomic E-state index is 12.3. The van der Waals surface area contributed by atoms with Crippen LogP contribution in [0.4, 0.5) is 0 Å². The largest absolute Gasteiger partial charge is 0.322 e. The second-order valence-electron chi connectivity index (χ2n) is 4.25. The summed E-state index contributed by atoms with van der Waals surface area (Å²) >= 11 is 1.85. The van der Waals surface area contributed by atoms with Crippen LogP contribution in [0.25, 0.3) is 0 Å².